The van der Waals surface area contributed by atoms with Crippen molar-refractivity contribution in [2.75, 3.05) is 0 Å². The second-order valence-corrected chi connectivity index (χ2v) is 5.85. The molecule has 3 aromatic rings. The number of ketones is 1. The van der Waals surface area contributed by atoms with Crippen LogP contribution < -0.4 is 0 Å². The zero-order valence-corrected chi connectivity index (χ0v) is 14.3. The van der Waals surface area contributed by atoms with E-state index >= 15 is 0 Å². The Morgan fingerprint density at radius 3 is 2.42 bits per heavy atom. The van der Waals surface area contributed by atoms with E-state index in [1.807, 2.05) is 6.07 Å². The van der Waals surface area contributed by atoms with Gasteiger partial charge in [-0.15, -0.1) is 0 Å². The van der Waals surface area contributed by atoms with Crippen LogP contribution in [-0.4, -0.2) is 16.9 Å². The maximum absolute atomic E-state index is 12.7. The molecular formula is C20H13ClN2O3. The van der Waals surface area contributed by atoms with E-state index in [2.05, 4.69) is 4.99 Å². The zero-order chi connectivity index (χ0) is 18.5. The van der Waals surface area contributed by atoms with E-state index in [9.17, 15) is 14.9 Å². The van der Waals surface area contributed by atoms with Crippen molar-refractivity contribution in [2.45, 2.75) is 0 Å². The standard InChI is InChI=1S/C20H13ClN2O3/c21-17-11-10-14(12-19(17)23(25)26)13-22-18-9-5-4-8-16(18)20(24)15-6-2-1-3-7-15/h1-13H. The number of nitrogens with zero attached hydrogens (tertiary/aromatic N) is 2. The van der Waals surface area contributed by atoms with Crippen LogP contribution in [0.2, 0.25) is 5.02 Å². The van der Waals surface area contributed by atoms with Gasteiger partial charge in [0.1, 0.15) is 5.02 Å². The van der Waals surface area contributed by atoms with Crippen molar-refractivity contribution in [3.63, 3.8) is 0 Å². The topological polar surface area (TPSA) is 72.6 Å². The van der Waals surface area contributed by atoms with Crippen LogP contribution in [0.15, 0.2) is 77.8 Å². The van der Waals surface area contributed by atoms with Crippen LogP contribution in [0.3, 0.4) is 0 Å². The maximum Gasteiger partial charge on any atom is 0.288 e. The van der Waals surface area contributed by atoms with Gasteiger partial charge in [-0.1, -0.05) is 60.1 Å². The summed E-state index contributed by atoms with van der Waals surface area (Å²) in [6.07, 6.45) is 1.47. The number of rotatable bonds is 5. The molecule has 0 radical (unpaired) electrons. The fourth-order valence-electron chi connectivity index (χ4n) is 2.42. The zero-order valence-electron chi connectivity index (χ0n) is 13.5. The number of nitro benzene ring substituents is 1. The molecule has 0 unspecified atom stereocenters. The predicted octanol–water partition coefficient (Wildman–Crippen LogP) is 5.23. The monoisotopic (exact) mass is 364 g/mol. The van der Waals surface area contributed by atoms with Crippen LogP contribution in [0.25, 0.3) is 0 Å². The lowest BCUT2D eigenvalue weighted by atomic mass is 10.0. The Bertz CT molecular complexity index is 1000. The lowest BCUT2D eigenvalue weighted by Crippen LogP contribution is -2.01. The fraction of sp³-hybridized carbons (Fsp3) is 0. The SMILES string of the molecule is O=C(c1ccccc1)c1ccccc1N=Cc1ccc(Cl)c([N+](=O)[O-])c1. The maximum atomic E-state index is 12.7. The van der Waals surface area contributed by atoms with E-state index in [1.165, 1.54) is 18.3 Å². The van der Waals surface area contributed by atoms with Crippen molar-refractivity contribution in [1.29, 1.82) is 0 Å². The molecule has 3 rings (SSSR count). The van der Waals surface area contributed by atoms with Gasteiger partial charge in [-0.25, -0.2) is 0 Å². The molecule has 0 spiro atoms. The molecule has 0 saturated heterocycles. The number of aliphatic imine (C=N–C) groups is 1. The van der Waals surface area contributed by atoms with Crippen LogP contribution >= 0.6 is 11.6 Å². The van der Waals surface area contributed by atoms with Crippen molar-refractivity contribution in [3.05, 3.63) is 105 Å². The minimum absolute atomic E-state index is 0.0619. The molecule has 0 saturated carbocycles. The van der Waals surface area contributed by atoms with Gasteiger partial charge in [-0.2, -0.15) is 0 Å². The molecule has 0 heterocycles. The lowest BCUT2D eigenvalue weighted by molar-refractivity contribution is -0.384. The molecule has 0 bridgehead atoms. The molecule has 0 aliphatic heterocycles. The largest absolute Gasteiger partial charge is 0.289 e. The first-order valence-corrected chi connectivity index (χ1v) is 8.11. The van der Waals surface area contributed by atoms with Gasteiger partial charge < -0.3 is 0 Å². The second kappa shape index (κ2) is 7.72. The molecule has 0 aromatic heterocycles. The highest BCUT2D eigenvalue weighted by Gasteiger charge is 2.14. The van der Waals surface area contributed by atoms with E-state index in [4.69, 9.17) is 11.6 Å². The van der Waals surface area contributed by atoms with Gasteiger partial charge in [0.15, 0.2) is 5.78 Å². The molecule has 0 fully saturated rings. The summed E-state index contributed by atoms with van der Waals surface area (Å²) in [5.74, 6) is -0.138. The number of hydrogen-bond donors (Lipinski definition) is 0. The van der Waals surface area contributed by atoms with Gasteiger partial charge >= 0.3 is 0 Å². The summed E-state index contributed by atoms with van der Waals surface area (Å²) in [4.78, 5) is 27.5. The molecule has 0 atom stereocenters. The minimum Gasteiger partial charge on any atom is -0.289 e. The van der Waals surface area contributed by atoms with Crippen LogP contribution in [0, 0.1) is 10.1 Å². The minimum atomic E-state index is -0.549. The first-order valence-electron chi connectivity index (χ1n) is 7.73. The normalized spacial score (nSPS) is 10.8. The third kappa shape index (κ3) is 3.84. The molecule has 128 valence electrons. The molecule has 3 aromatic carbocycles. The average Bonchev–Trinajstić information content (AvgIpc) is 2.67. The summed E-state index contributed by atoms with van der Waals surface area (Å²) in [7, 11) is 0. The molecule has 5 nitrogen and oxygen atoms in total. The Labute approximate surface area is 154 Å². The molecule has 0 aliphatic carbocycles. The van der Waals surface area contributed by atoms with Crippen LogP contribution in [0.4, 0.5) is 11.4 Å². The third-order valence-corrected chi connectivity index (χ3v) is 4.02. The molecular weight excluding hydrogens is 352 g/mol. The lowest BCUT2D eigenvalue weighted by Gasteiger charge is -2.05. The highest BCUT2D eigenvalue weighted by molar-refractivity contribution is 6.32. The number of benzene rings is 3. The van der Waals surface area contributed by atoms with E-state index in [-0.39, 0.29) is 16.5 Å². The number of hydrogen-bond acceptors (Lipinski definition) is 4. The van der Waals surface area contributed by atoms with Gasteiger partial charge in [0, 0.05) is 23.4 Å². The summed E-state index contributed by atoms with van der Waals surface area (Å²) < 4.78 is 0. The predicted molar refractivity (Wildman–Crippen MR) is 102 cm³/mol. The van der Waals surface area contributed by atoms with Crippen LogP contribution in [0.1, 0.15) is 21.5 Å². The van der Waals surface area contributed by atoms with Crippen LogP contribution in [-0.2, 0) is 0 Å². The smallest absolute Gasteiger partial charge is 0.288 e. The summed E-state index contributed by atoms with van der Waals surface area (Å²) in [5, 5.41) is 11.0. The number of carbonyl (C=O) groups is 1. The second-order valence-electron chi connectivity index (χ2n) is 5.44. The van der Waals surface area contributed by atoms with E-state index < -0.39 is 4.92 Å². The number of nitro groups is 1. The Morgan fingerprint density at radius 2 is 1.69 bits per heavy atom. The molecule has 0 aliphatic rings. The molecule has 0 N–H and O–H groups in total. The number of halogens is 1. The molecule has 0 amide bonds. The third-order valence-electron chi connectivity index (χ3n) is 3.70. The summed E-state index contributed by atoms with van der Waals surface area (Å²) in [5.41, 5.74) is 1.84. The average molecular weight is 365 g/mol. The number of para-hydroxylation sites is 1. The summed E-state index contributed by atoms with van der Waals surface area (Å²) >= 11 is 5.81. The van der Waals surface area contributed by atoms with Crippen molar-refractivity contribution >= 4 is 35.0 Å². The highest BCUT2D eigenvalue weighted by Crippen LogP contribution is 2.26. The van der Waals surface area contributed by atoms with E-state index in [0.717, 1.165) is 0 Å². The Kier molecular flexibility index (Phi) is 5.20. The van der Waals surface area contributed by atoms with Crippen molar-refractivity contribution in [1.82, 2.24) is 0 Å². The van der Waals surface area contributed by atoms with E-state index in [1.54, 1.807) is 54.6 Å². The van der Waals surface area contributed by atoms with Gasteiger partial charge in [-0.05, 0) is 23.8 Å². The van der Waals surface area contributed by atoms with Crippen molar-refractivity contribution in [3.8, 4) is 0 Å². The van der Waals surface area contributed by atoms with Crippen molar-refractivity contribution < 1.29 is 9.72 Å². The van der Waals surface area contributed by atoms with Gasteiger partial charge in [0.2, 0.25) is 0 Å². The fourth-order valence-corrected chi connectivity index (χ4v) is 2.60. The van der Waals surface area contributed by atoms with E-state index in [0.29, 0.717) is 22.4 Å². The quantitative estimate of drug-likeness (QED) is 0.269. The van der Waals surface area contributed by atoms with Gasteiger partial charge in [-0.3, -0.25) is 19.9 Å². The molecule has 6 heteroatoms. The summed E-state index contributed by atoms with van der Waals surface area (Å²) in [6.45, 7) is 0. The Morgan fingerprint density at radius 1 is 1.00 bits per heavy atom. The Hall–Kier alpha value is -3.31. The summed E-state index contributed by atoms with van der Waals surface area (Å²) in [6, 6.07) is 20.3. The molecule has 26 heavy (non-hydrogen) atoms. The highest BCUT2D eigenvalue weighted by atomic mass is 35.5. The first-order chi connectivity index (χ1) is 12.6. The first kappa shape index (κ1) is 17.5. The van der Waals surface area contributed by atoms with Gasteiger partial charge in [0.05, 0.1) is 10.6 Å². The van der Waals surface area contributed by atoms with Gasteiger partial charge in [0.25, 0.3) is 5.69 Å². The Balaban J connectivity index is 1.94. The van der Waals surface area contributed by atoms with Crippen LogP contribution in [0.5, 0.6) is 0 Å². The van der Waals surface area contributed by atoms with Crippen molar-refractivity contribution in [2.24, 2.45) is 4.99 Å². The number of carbonyl (C=O) groups excluding carboxylic acids is 1.